The molecule has 2 rings (SSSR count). The van der Waals surface area contributed by atoms with Gasteiger partial charge in [-0.1, -0.05) is 32.4 Å². The minimum atomic E-state index is 0.219. The van der Waals surface area contributed by atoms with E-state index in [1.54, 1.807) is 0 Å². The van der Waals surface area contributed by atoms with Crippen LogP contribution in [0.15, 0.2) is 12.1 Å². The molecule has 0 heterocycles. The number of aryl methyl sites for hydroxylation is 2. The van der Waals surface area contributed by atoms with Gasteiger partial charge in [-0.15, -0.1) is 0 Å². The van der Waals surface area contributed by atoms with Crippen LogP contribution in [0.1, 0.15) is 51.2 Å². The highest BCUT2D eigenvalue weighted by atomic mass is 35.5. The van der Waals surface area contributed by atoms with Crippen molar-refractivity contribution in [3.05, 3.63) is 28.3 Å². The van der Waals surface area contributed by atoms with Crippen LogP contribution in [0.3, 0.4) is 0 Å². The van der Waals surface area contributed by atoms with Gasteiger partial charge in [0.1, 0.15) is 11.9 Å². The van der Waals surface area contributed by atoms with Crippen molar-refractivity contribution < 1.29 is 4.74 Å². The second-order valence-corrected chi connectivity index (χ2v) is 6.96. The Hall–Kier alpha value is -0.730. The van der Waals surface area contributed by atoms with E-state index in [4.69, 9.17) is 16.3 Å². The zero-order valence-electron chi connectivity index (χ0n) is 13.9. The third-order valence-corrected chi connectivity index (χ3v) is 5.67. The highest BCUT2D eigenvalue weighted by Gasteiger charge is 2.51. The molecule has 0 aliphatic heterocycles. The summed E-state index contributed by atoms with van der Waals surface area (Å²) in [5, 5.41) is 4.50. The van der Waals surface area contributed by atoms with E-state index < -0.39 is 0 Å². The van der Waals surface area contributed by atoms with Crippen LogP contribution in [-0.2, 0) is 0 Å². The van der Waals surface area contributed by atoms with E-state index in [-0.39, 0.29) is 11.5 Å². The van der Waals surface area contributed by atoms with Gasteiger partial charge in [0.2, 0.25) is 0 Å². The fourth-order valence-electron chi connectivity index (χ4n) is 3.25. The monoisotopic (exact) mass is 309 g/mol. The molecule has 0 amide bonds. The van der Waals surface area contributed by atoms with E-state index in [2.05, 4.69) is 38.2 Å². The Balaban J connectivity index is 2.07. The fraction of sp³-hybridized carbons (Fsp3) is 0.667. The van der Waals surface area contributed by atoms with Gasteiger partial charge in [-0.2, -0.15) is 0 Å². The van der Waals surface area contributed by atoms with Crippen molar-refractivity contribution in [3.63, 3.8) is 0 Å². The minimum absolute atomic E-state index is 0.219. The lowest BCUT2D eigenvalue weighted by atomic mass is 9.61. The predicted molar refractivity (Wildman–Crippen MR) is 90.4 cm³/mol. The molecule has 1 fully saturated rings. The first-order chi connectivity index (χ1) is 9.92. The van der Waals surface area contributed by atoms with E-state index in [0.717, 1.165) is 41.3 Å². The van der Waals surface area contributed by atoms with Crippen LogP contribution in [0.5, 0.6) is 5.75 Å². The van der Waals surface area contributed by atoms with Crippen LogP contribution in [0, 0.1) is 19.3 Å². The Morgan fingerprint density at radius 2 is 1.90 bits per heavy atom. The molecule has 118 valence electrons. The first-order valence-electron chi connectivity index (χ1n) is 8.09. The average molecular weight is 310 g/mol. The summed E-state index contributed by atoms with van der Waals surface area (Å²) >= 11 is 6.23. The number of ether oxygens (including phenoxy) is 1. The van der Waals surface area contributed by atoms with Crippen molar-refractivity contribution in [1.29, 1.82) is 0 Å². The summed E-state index contributed by atoms with van der Waals surface area (Å²) < 4.78 is 6.29. The fourth-order valence-corrected chi connectivity index (χ4v) is 3.36. The molecule has 3 atom stereocenters. The molecule has 3 heteroatoms. The molecule has 1 aliphatic rings. The Kier molecular flexibility index (Phi) is 5.21. The van der Waals surface area contributed by atoms with Crippen LogP contribution >= 0.6 is 11.6 Å². The van der Waals surface area contributed by atoms with Crippen molar-refractivity contribution in [2.45, 2.75) is 66.0 Å². The third kappa shape index (κ3) is 3.22. The lowest BCUT2D eigenvalue weighted by Crippen LogP contribution is -2.63. The van der Waals surface area contributed by atoms with E-state index in [1.807, 2.05) is 13.8 Å². The summed E-state index contributed by atoms with van der Waals surface area (Å²) in [6.07, 6.45) is 3.68. The zero-order valence-corrected chi connectivity index (χ0v) is 14.7. The molecule has 1 aromatic rings. The highest BCUT2D eigenvalue weighted by molar-refractivity contribution is 6.32. The SMILES string of the molecule is CCCNC1CC(Oc2cc(C)c(Cl)c(C)c2)C1(C)CC. The number of benzene rings is 1. The van der Waals surface area contributed by atoms with Gasteiger partial charge in [-0.3, -0.25) is 0 Å². The molecule has 0 bridgehead atoms. The summed E-state index contributed by atoms with van der Waals surface area (Å²) in [6.45, 7) is 12.0. The second kappa shape index (κ2) is 6.58. The van der Waals surface area contributed by atoms with Crippen LogP contribution < -0.4 is 10.1 Å². The van der Waals surface area contributed by atoms with Gasteiger partial charge in [-0.05, 0) is 56.5 Å². The second-order valence-electron chi connectivity index (χ2n) is 6.58. The van der Waals surface area contributed by atoms with Gasteiger partial charge < -0.3 is 10.1 Å². The van der Waals surface area contributed by atoms with Crippen molar-refractivity contribution >= 4 is 11.6 Å². The molecule has 21 heavy (non-hydrogen) atoms. The van der Waals surface area contributed by atoms with Crippen LogP contribution in [-0.4, -0.2) is 18.7 Å². The Morgan fingerprint density at radius 1 is 1.29 bits per heavy atom. The topological polar surface area (TPSA) is 21.3 Å². The number of hydrogen-bond donors (Lipinski definition) is 1. The highest BCUT2D eigenvalue weighted by Crippen LogP contribution is 2.46. The van der Waals surface area contributed by atoms with Crippen LogP contribution in [0.2, 0.25) is 5.02 Å². The number of rotatable bonds is 6. The van der Waals surface area contributed by atoms with Crippen LogP contribution in [0.4, 0.5) is 0 Å². The molecule has 2 nitrogen and oxygen atoms in total. The van der Waals surface area contributed by atoms with Gasteiger partial charge in [0, 0.05) is 22.9 Å². The third-order valence-electron chi connectivity index (χ3n) is 5.07. The molecular formula is C18H28ClNO. The van der Waals surface area contributed by atoms with Crippen LogP contribution in [0.25, 0.3) is 0 Å². The van der Waals surface area contributed by atoms with Gasteiger partial charge in [0.05, 0.1) is 0 Å². The first kappa shape index (κ1) is 16.6. The maximum absolute atomic E-state index is 6.29. The first-order valence-corrected chi connectivity index (χ1v) is 8.47. The van der Waals surface area contributed by atoms with Gasteiger partial charge in [0.25, 0.3) is 0 Å². The van der Waals surface area contributed by atoms with Crippen molar-refractivity contribution in [2.75, 3.05) is 6.54 Å². The van der Waals surface area contributed by atoms with E-state index in [0.29, 0.717) is 6.04 Å². The molecule has 0 spiro atoms. The Labute approximate surface area is 134 Å². The van der Waals surface area contributed by atoms with E-state index >= 15 is 0 Å². The predicted octanol–water partition coefficient (Wildman–Crippen LogP) is 4.89. The molecule has 1 aliphatic carbocycles. The quantitative estimate of drug-likeness (QED) is 0.807. The minimum Gasteiger partial charge on any atom is -0.490 e. The molecule has 0 saturated heterocycles. The average Bonchev–Trinajstić information content (AvgIpc) is 2.46. The summed E-state index contributed by atoms with van der Waals surface area (Å²) in [4.78, 5) is 0. The largest absolute Gasteiger partial charge is 0.490 e. The summed E-state index contributed by atoms with van der Waals surface area (Å²) in [7, 11) is 0. The summed E-state index contributed by atoms with van der Waals surface area (Å²) in [5.41, 5.74) is 2.39. The maximum Gasteiger partial charge on any atom is 0.120 e. The maximum atomic E-state index is 6.29. The lowest BCUT2D eigenvalue weighted by Gasteiger charge is -2.53. The summed E-state index contributed by atoms with van der Waals surface area (Å²) in [6, 6.07) is 4.68. The standard InChI is InChI=1S/C18H28ClNO/c1-6-8-20-15-11-16(18(15,5)7-2)21-14-9-12(3)17(19)13(4)10-14/h9-10,15-16,20H,6-8,11H2,1-5H3. The molecule has 1 aromatic carbocycles. The van der Waals surface area contributed by atoms with E-state index in [9.17, 15) is 0 Å². The number of hydrogen-bond acceptors (Lipinski definition) is 2. The van der Waals surface area contributed by atoms with Gasteiger partial charge in [0.15, 0.2) is 0 Å². The number of nitrogens with one attached hydrogen (secondary N) is 1. The van der Waals surface area contributed by atoms with Crippen molar-refractivity contribution in [1.82, 2.24) is 5.32 Å². The Bertz CT molecular complexity index is 479. The molecule has 3 unspecified atom stereocenters. The summed E-state index contributed by atoms with van der Waals surface area (Å²) in [5.74, 6) is 0.952. The van der Waals surface area contributed by atoms with Gasteiger partial charge >= 0.3 is 0 Å². The normalized spacial score (nSPS) is 28.3. The molecule has 0 aromatic heterocycles. The lowest BCUT2D eigenvalue weighted by molar-refractivity contribution is -0.0701. The smallest absolute Gasteiger partial charge is 0.120 e. The van der Waals surface area contributed by atoms with Gasteiger partial charge in [-0.25, -0.2) is 0 Å². The molecule has 1 saturated carbocycles. The molecule has 1 N–H and O–H groups in total. The van der Waals surface area contributed by atoms with Crippen molar-refractivity contribution in [2.24, 2.45) is 5.41 Å². The number of halogens is 1. The molecular weight excluding hydrogens is 282 g/mol. The Morgan fingerprint density at radius 3 is 2.43 bits per heavy atom. The zero-order chi connectivity index (χ0) is 15.6. The van der Waals surface area contributed by atoms with Crippen molar-refractivity contribution in [3.8, 4) is 5.75 Å². The van der Waals surface area contributed by atoms with E-state index in [1.165, 1.54) is 6.42 Å². The molecule has 0 radical (unpaired) electrons.